The molecule has 0 unspecified atom stereocenters. The van der Waals surface area contributed by atoms with Crippen molar-refractivity contribution in [3.05, 3.63) is 76.1 Å². The Hall–Kier alpha value is -3.52. The molecule has 4 rings (SSSR count). The molecule has 0 saturated carbocycles. The maximum atomic E-state index is 11.6. The Morgan fingerprint density at radius 2 is 2.00 bits per heavy atom. The van der Waals surface area contributed by atoms with Crippen LogP contribution in [-0.4, -0.2) is 27.7 Å². The molecular formula is C22H20N2O5S. The molecule has 0 amide bonds. The Morgan fingerprint density at radius 3 is 2.67 bits per heavy atom. The van der Waals surface area contributed by atoms with E-state index in [-0.39, 0.29) is 5.56 Å². The van der Waals surface area contributed by atoms with Gasteiger partial charge in [0, 0.05) is 11.1 Å². The summed E-state index contributed by atoms with van der Waals surface area (Å²) in [5.74, 6) is 1.26. The van der Waals surface area contributed by atoms with Crippen LogP contribution in [0, 0.1) is 6.92 Å². The van der Waals surface area contributed by atoms with E-state index in [4.69, 9.17) is 13.9 Å². The topological polar surface area (TPSA) is 86.7 Å². The summed E-state index contributed by atoms with van der Waals surface area (Å²) < 4.78 is 18.3. The monoisotopic (exact) mass is 424 g/mol. The van der Waals surface area contributed by atoms with Gasteiger partial charge < -0.3 is 23.6 Å². The number of carboxylic acid groups (broad SMARTS) is 1. The molecule has 0 fully saturated rings. The van der Waals surface area contributed by atoms with Gasteiger partial charge in [-0.2, -0.15) is 0 Å². The van der Waals surface area contributed by atoms with E-state index < -0.39 is 5.97 Å². The summed E-state index contributed by atoms with van der Waals surface area (Å²) in [6, 6.07) is 12.7. The number of aromatic nitrogens is 2. The highest BCUT2D eigenvalue weighted by molar-refractivity contribution is 7.09. The first-order valence-electron chi connectivity index (χ1n) is 9.22. The lowest BCUT2D eigenvalue weighted by atomic mass is 10.2. The average Bonchev–Trinajstić information content (AvgIpc) is 3.49. The Bertz CT molecular complexity index is 1140. The van der Waals surface area contributed by atoms with E-state index in [0.29, 0.717) is 24.5 Å². The Morgan fingerprint density at radius 1 is 1.23 bits per heavy atom. The molecule has 1 aromatic carbocycles. The number of aromatic carboxylic acids is 1. The van der Waals surface area contributed by atoms with Crippen LogP contribution in [0.5, 0.6) is 11.5 Å². The van der Waals surface area contributed by atoms with Gasteiger partial charge in [-0.15, -0.1) is 11.3 Å². The lowest BCUT2D eigenvalue weighted by Gasteiger charge is -2.09. The fourth-order valence-electron chi connectivity index (χ4n) is 3.15. The second-order valence-electron chi connectivity index (χ2n) is 6.59. The second kappa shape index (κ2) is 8.46. The van der Waals surface area contributed by atoms with Crippen molar-refractivity contribution >= 4 is 17.3 Å². The Kier molecular flexibility index (Phi) is 5.58. The molecular weight excluding hydrogens is 404 g/mol. The Labute approximate surface area is 177 Å². The van der Waals surface area contributed by atoms with E-state index >= 15 is 0 Å². The molecule has 0 aliphatic rings. The summed E-state index contributed by atoms with van der Waals surface area (Å²) in [7, 11) is 1.62. The number of nitrogens with zero attached hydrogens (tertiary/aromatic N) is 2. The number of hydrogen-bond donors (Lipinski definition) is 1. The van der Waals surface area contributed by atoms with Gasteiger partial charge in [-0.3, -0.25) is 0 Å². The normalized spacial score (nSPS) is 10.9. The molecule has 30 heavy (non-hydrogen) atoms. The van der Waals surface area contributed by atoms with Gasteiger partial charge in [-0.25, -0.2) is 9.78 Å². The zero-order valence-corrected chi connectivity index (χ0v) is 17.3. The van der Waals surface area contributed by atoms with Crippen molar-refractivity contribution in [3.63, 3.8) is 0 Å². The second-order valence-corrected chi connectivity index (χ2v) is 7.53. The minimum atomic E-state index is -0.967. The molecule has 4 aromatic rings. The third-order valence-corrected chi connectivity index (χ3v) is 5.55. The molecule has 0 radical (unpaired) electrons. The molecule has 0 aliphatic heterocycles. The zero-order chi connectivity index (χ0) is 21.1. The molecule has 3 heterocycles. The maximum absolute atomic E-state index is 11.6. The summed E-state index contributed by atoms with van der Waals surface area (Å²) >= 11 is 1.47. The van der Waals surface area contributed by atoms with Crippen molar-refractivity contribution < 1.29 is 23.8 Å². The number of carboxylic acids is 1. The van der Waals surface area contributed by atoms with Gasteiger partial charge >= 0.3 is 5.97 Å². The number of rotatable bonds is 8. The van der Waals surface area contributed by atoms with E-state index in [2.05, 4.69) is 4.98 Å². The minimum absolute atomic E-state index is 0.251. The zero-order valence-electron chi connectivity index (χ0n) is 16.5. The van der Waals surface area contributed by atoms with Gasteiger partial charge in [0.05, 0.1) is 36.9 Å². The first kappa shape index (κ1) is 19.8. The van der Waals surface area contributed by atoms with E-state index in [1.54, 1.807) is 26.4 Å². The number of ether oxygens (including phenoxy) is 2. The van der Waals surface area contributed by atoms with Crippen LogP contribution in [0.3, 0.4) is 0 Å². The number of furan rings is 1. The molecule has 154 valence electrons. The van der Waals surface area contributed by atoms with Crippen LogP contribution >= 0.6 is 11.3 Å². The van der Waals surface area contributed by atoms with Crippen LogP contribution < -0.4 is 9.47 Å². The highest BCUT2D eigenvalue weighted by atomic mass is 32.1. The minimum Gasteiger partial charge on any atom is -0.497 e. The van der Waals surface area contributed by atoms with Crippen molar-refractivity contribution in [3.8, 4) is 22.9 Å². The summed E-state index contributed by atoms with van der Waals surface area (Å²) in [6.07, 6.45) is 1.60. The lowest BCUT2D eigenvalue weighted by Crippen LogP contribution is -2.05. The molecule has 0 saturated heterocycles. The van der Waals surface area contributed by atoms with Crippen molar-refractivity contribution in [2.45, 2.75) is 20.1 Å². The third-order valence-electron chi connectivity index (χ3n) is 4.73. The highest BCUT2D eigenvalue weighted by Crippen LogP contribution is 2.29. The van der Waals surface area contributed by atoms with Gasteiger partial charge in [0.2, 0.25) is 0 Å². The van der Waals surface area contributed by atoms with Gasteiger partial charge in [0.15, 0.2) is 0 Å². The highest BCUT2D eigenvalue weighted by Gasteiger charge is 2.20. The first-order chi connectivity index (χ1) is 14.5. The maximum Gasteiger partial charge on any atom is 0.337 e. The molecule has 7 nitrogen and oxygen atoms in total. The van der Waals surface area contributed by atoms with Crippen LogP contribution in [0.4, 0.5) is 0 Å². The first-order valence-corrected chi connectivity index (χ1v) is 10.1. The predicted octanol–water partition coefficient (Wildman–Crippen LogP) is 4.85. The molecule has 0 spiro atoms. The molecule has 0 aliphatic carbocycles. The number of benzene rings is 1. The number of methoxy groups -OCH3 is 1. The molecule has 0 atom stereocenters. The van der Waals surface area contributed by atoms with Gasteiger partial charge in [0.25, 0.3) is 0 Å². The number of thiazole rings is 1. The quantitative estimate of drug-likeness (QED) is 0.435. The fraction of sp³-hybridized carbons (Fsp3) is 0.182. The van der Waals surface area contributed by atoms with Crippen LogP contribution in [0.15, 0.2) is 58.5 Å². The van der Waals surface area contributed by atoms with Gasteiger partial charge in [-0.05, 0) is 49.4 Å². The van der Waals surface area contributed by atoms with Crippen LogP contribution in [0.1, 0.15) is 26.8 Å². The lowest BCUT2D eigenvalue weighted by molar-refractivity contribution is 0.0696. The van der Waals surface area contributed by atoms with E-state index in [1.165, 1.54) is 11.3 Å². The average molecular weight is 424 g/mol. The summed E-state index contributed by atoms with van der Waals surface area (Å²) in [4.78, 5) is 16.3. The summed E-state index contributed by atoms with van der Waals surface area (Å²) in [5, 5.41) is 12.2. The summed E-state index contributed by atoms with van der Waals surface area (Å²) in [6.45, 7) is 2.53. The van der Waals surface area contributed by atoms with E-state index in [9.17, 15) is 9.90 Å². The SMILES string of the molecule is COc1ccc(OCc2nc(-c3cc(C(=O)O)c(C)n3Cc3ccco3)cs2)cc1. The standard InChI is InChI=1S/C22H20N2O5S/c1-14-18(22(25)26)10-20(24(14)11-17-4-3-9-28-17)19-13-30-21(23-19)12-29-16-7-5-15(27-2)6-8-16/h3-10,13H,11-12H2,1-2H3,(H,25,26). The van der Waals surface area contributed by atoms with Gasteiger partial charge in [0.1, 0.15) is 28.9 Å². The van der Waals surface area contributed by atoms with Crippen molar-refractivity contribution in [1.29, 1.82) is 0 Å². The van der Waals surface area contributed by atoms with E-state index in [0.717, 1.165) is 28.0 Å². The molecule has 0 bridgehead atoms. The van der Waals surface area contributed by atoms with Crippen LogP contribution in [-0.2, 0) is 13.2 Å². The van der Waals surface area contributed by atoms with Crippen molar-refractivity contribution in [1.82, 2.24) is 9.55 Å². The molecule has 8 heteroatoms. The third kappa shape index (κ3) is 4.08. The van der Waals surface area contributed by atoms with Crippen LogP contribution in [0.2, 0.25) is 0 Å². The number of hydrogen-bond acceptors (Lipinski definition) is 6. The van der Waals surface area contributed by atoms with Crippen LogP contribution in [0.25, 0.3) is 11.4 Å². The van der Waals surface area contributed by atoms with Crippen molar-refractivity contribution in [2.75, 3.05) is 7.11 Å². The number of carbonyl (C=O) groups is 1. The fourth-order valence-corrected chi connectivity index (χ4v) is 3.85. The molecule has 1 N–H and O–H groups in total. The predicted molar refractivity (Wildman–Crippen MR) is 112 cm³/mol. The Balaban J connectivity index is 1.57. The smallest absolute Gasteiger partial charge is 0.337 e. The van der Waals surface area contributed by atoms with Crippen molar-refractivity contribution in [2.24, 2.45) is 0 Å². The van der Waals surface area contributed by atoms with E-state index in [1.807, 2.05) is 46.3 Å². The largest absolute Gasteiger partial charge is 0.497 e. The molecule has 3 aromatic heterocycles. The summed E-state index contributed by atoms with van der Waals surface area (Å²) in [5.41, 5.74) is 2.34. The van der Waals surface area contributed by atoms with Gasteiger partial charge in [-0.1, -0.05) is 0 Å².